The van der Waals surface area contributed by atoms with E-state index in [4.69, 9.17) is 16.3 Å². The predicted molar refractivity (Wildman–Crippen MR) is 116 cm³/mol. The number of nitrogens with one attached hydrogen (secondary N) is 3. The number of amides is 2. The van der Waals surface area contributed by atoms with Gasteiger partial charge in [0.25, 0.3) is 11.9 Å². The fourth-order valence-electron chi connectivity index (χ4n) is 2.87. The fraction of sp³-hybridized carbons (Fsp3) is 0.143. The Morgan fingerprint density at radius 3 is 2.69 bits per heavy atom. The van der Waals surface area contributed by atoms with Crippen LogP contribution in [0.1, 0.15) is 24.4 Å². The minimum absolute atomic E-state index is 0.164. The number of rotatable bonds is 5. The number of hydrogen-bond donors (Lipinski definition) is 3. The number of ether oxygens (including phenoxy) is 1. The van der Waals surface area contributed by atoms with Gasteiger partial charge in [-0.15, -0.1) is 0 Å². The van der Waals surface area contributed by atoms with Crippen molar-refractivity contribution in [3.05, 3.63) is 59.4 Å². The molecule has 164 valence electrons. The number of halogens is 2. The number of imidazole rings is 1. The molecule has 0 aliphatic carbocycles. The zero-order valence-electron chi connectivity index (χ0n) is 16.9. The van der Waals surface area contributed by atoms with Crippen molar-refractivity contribution in [2.45, 2.75) is 20.0 Å². The lowest BCUT2D eigenvalue weighted by Crippen LogP contribution is -2.18. The lowest BCUT2D eigenvalue weighted by atomic mass is 10.2. The van der Waals surface area contributed by atoms with E-state index in [0.717, 1.165) is 6.07 Å². The highest BCUT2D eigenvalue weighted by molar-refractivity contribution is 6.33. The number of furan rings is 1. The van der Waals surface area contributed by atoms with E-state index in [1.807, 2.05) is 0 Å². The van der Waals surface area contributed by atoms with Crippen LogP contribution in [0.15, 0.2) is 47.0 Å². The van der Waals surface area contributed by atoms with Crippen LogP contribution in [0.5, 0.6) is 0 Å². The maximum Gasteiger partial charge on any atom is 0.411 e. The number of aromatic amines is 1. The van der Waals surface area contributed by atoms with Crippen molar-refractivity contribution in [3.63, 3.8) is 0 Å². The second-order valence-corrected chi connectivity index (χ2v) is 7.42. The Hall–Kier alpha value is -3.92. The Kier molecular flexibility index (Phi) is 5.78. The lowest BCUT2D eigenvalue weighted by Gasteiger charge is -2.08. The SMILES string of the molecule is CC(C)OC(=O)Nc1cnc2nc(-c3cc(NC(=O)c4ccc(F)o4)ccc3Cl)[nH]c2c1. The van der Waals surface area contributed by atoms with Crippen molar-refractivity contribution < 1.29 is 23.1 Å². The third-order valence-electron chi connectivity index (χ3n) is 4.20. The number of pyridine rings is 1. The molecule has 0 atom stereocenters. The highest BCUT2D eigenvalue weighted by Gasteiger charge is 2.15. The summed E-state index contributed by atoms with van der Waals surface area (Å²) in [6.07, 6.45) is 0.603. The van der Waals surface area contributed by atoms with Crippen LogP contribution in [0.2, 0.25) is 5.02 Å². The van der Waals surface area contributed by atoms with Gasteiger partial charge in [0.1, 0.15) is 5.82 Å². The van der Waals surface area contributed by atoms with E-state index >= 15 is 0 Å². The van der Waals surface area contributed by atoms with Crippen LogP contribution in [-0.4, -0.2) is 33.1 Å². The maximum absolute atomic E-state index is 13.0. The molecular weight excluding hydrogens is 441 g/mol. The number of aromatic nitrogens is 3. The number of carbonyl (C=O) groups is 2. The van der Waals surface area contributed by atoms with Crippen molar-refractivity contribution >= 4 is 46.1 Å². The van der Waals surface area contributed by atoms with Crippen LogP contribution in [0.25, 0.3) is 22.6 Å². The molecule has 0 bridgehead atoms. The zero-order chi connectivity index (χ0) is 22.8. The number of benzene rings is 1. The summed E-state index contributed by atoms with van der Waals surface area (Å²) in [4.78, 5) is 35.7. The normalized spacial score (nSPS) is 11.0. The summed E-state index contributed by atoms with van der Waals surface area (Å²) in [6, 6.07) is 7.87. The average molecular weight is 458 g/mol. The molecule has 0 spiro atoms. The fourth-order valence-corrected chi connectivity index (χ4v) is 3.08. The van der Waals surface area contributed by atoms with Crippen molar-refractivity contribution in [3.8, 4) is 11.4 Å². The Morgan fingerprint density at radius 1 is 1.16 bits per heavy atom. The summed E-state index contributed by atoms with van der Waals surface area (Å²) < 4.78 is 22.7. The standard InChI is InChI=1S/C21H17ClFN5O4/c1-10(2)31-21(30)26-12-8-15-19(24-9-12)28-18(27-15)13-7-11(3-4-14(13)22)25-20(29)16-5-6-17(23)32-16/h3-10H,1-2H3,(H,25,29)(H,26,30)(H,24,27,28). The van der Waals surface area contributed by atoms with Gasteiger partial charge in [-0.05, 0) is 44.2 Å². The molecule has 0 aliphatic rings. The molecule has 0 radical (unpaired) electrons. The minimum Gasteiger partial charge on any atom is -0.447 e. The first kappa shape index (κ1) is 21.3. The van der Waals surface area contributed by atoms with Gasteiger partial charge in [-0.2, -0.15) is 4.39 Å². The van der Waals surface area contributed by atoms with E-state index in [-0.39, 0.29) is 11.9 Å². The molecule has 3 heterocycles. The van der Waals surface area contributed by atoms with Crippen molar-refractivity contribution in [2.24, 2.45) is 0 Å². The summed E-state index contributed by atoms with van der Waals surface area (Å²) in [7, 11) is 0. The molecule has 3 aromatic heterocycles. The number of fused-ring (bicyclic) bond motifs is 1. The van der Waals surface area contributed by atoms with Gasteiger partial charge in [0, 0.05) is 17.3 Å². The smallest absolute Gasteiger partial charge is 0.411 e. The summed E-state index contributed by atoms with van der Waals surface area (Å²) in [5.41, 5.74) is 2.29. The van der Waals surface area contributed by atoms with Crippen LogP contribution >= 0.6 is 11.6 Å². The van der Waals surface area contributed by atoms with Crippen LogP contribution < -0.4 is 10.6 Å². The summed E-state index contributed by atoms with van der Waals surface area (Å²) in [6.45, 7) is 3.49. The summed E-state index contributed by atoms with van der Waals surface area (Å²) in [5.74, 6) is -0.375. The van der Waals surface area contributed by atoms with E-state index in [2.05, 4.69) is 30.0 Å². The molecule has 4 rings (SSSR count). The number of carbonyl (C=O) groups excluding carboxylic acids is 2. The third kappa shape index (κ3) is 4.70. The second kappa shape index (κ2) is 8.67. The number of anilines is 2. The molecule has 3 N–H and O–H groups in total. The Labute approximate surface area is 185 Å². The zero-order valence-corrected chi connectivity index (χ0v) is 17.7. The van der Waals surface area contributed by atoms with E-state index < -0.39 is 18.0 Å². The highest BCUT2D eigenvalue weighted by Crippen LogP contribution is 2.30. The predicted octanol–water partition coefficient (Wildman–Crippen LogP) is 5.22. The summed E-state index contributed by atoms with van der Waals surface area (Å²) >= 11 is 6.33. The van der Waals surface area contributed by atoms with Gasteiger partial charge in [0.2, 0.25) is 0 Å². The van der Waals surface area contributed by atoms with Crippen LogP contribution in [0.4, 0.5) is 20.6 Å². The van der Waals surface area contributed by atoms with Crippen LogP contribution in [0, 0.1) is 6.01 Å². The summed E-state index contributed by atoms with van der Waals surface area (Å²) in [5, 5.41) is 5.59. The van der Waals surface area contributed by atoms with Gasteiger partial charge in [-0.3, -0.25) is 10.1 Å². The minimum atomic E-state index is -0.854. The molecule has 9 nitrogen and oxygen atoms in total. The molecular formula is C21H17ClFN5O4. The molecule has 2 amide bonds. The van der Waals surface area contributed by atoms with E-state index in [1.54, 1.807) is 38.1 Å². The van der Waals surface area contributed by atoms with E-state index in [0.29, 0.717) is 38.9 Å². The molecule has 32 heavy (non-hydrogen) atoms. The largest absolute Gasteiger partial charge is 0.447 e. The molecule has 0 aliphatic heterocycles. The molecule has 0 saturated carbocycles. The molecule has 1 aromatic carbocycles. The third-order valence-corrected chi connectivity index (χ3v) is 4.53. The second-order valence-electron chi connectivity index (χ2n) is 7.01. The quantitative estimate of drug-likeness (QED) is 0.377. The van der Waals surface area contributed by atoms with Gasteiger partial charge in [-0.1, -0.05) is 11.6 Å². The lowest BCUT2D eigenvalue weighted by molar-refractivity contribution is 0.0988. The van der Waals surface area contributed by atoms with Crippen LogP contribution in [0.3, 0.4) is 0 Å². The van der Waals surface area contributed by atoms with Crippen molar-refractivity contribution in [1.82, 2.24) is 15.0 Å². The molecule has 0 unspecified atom stereocenters. The Morgan fingerprint density at radius 2 is 1.97 bits per heavy atom. The molecule has 0 saturated heterocycles. The van der Waals surface area contributed by atoms with Gasteiger partial charge < -0.3 is 19.5 Å². The van der Waals surface area contributed by atoms with Gasteiger partial charge in [0.15, 0.2) is 11.4 Å². The van der Waals surface area contributed by atoms with Crippen molar-refractivity contribution in [2.75, 3.05) is 10.6 Å². The topological polar surface area (TPSA) is 122 Å². The van der Waals surface area contributed by atoms with E-state index in [9.17, 15) is 14.0 Å². The first-order valence-electron chi connectivity index (χ1n) is 9.48. The highest BCUT2D eigenvalue weighted by atomic mass is 35.5. The first-order valence-corrected chi connectivity index (χ1v) is 9.86. The first-order chi connectivity index (χ1) is 15.3. The van der Waals surface area contributed by atoms with Crippen molar-refractivity contribution in [1.29, 1.82) is 0 Å². The molecule has 0 fully saturated rings. The van der Waals surface area contributed by atoms with Crippen LogP contribution in [-0.2, 0) is 4.74 Å². The van der Waals surface area contributed by atoms with E-state index in [1.165, 1.54) is 12.3 Å². The number of nitrogens with zero attached hydrogens (tertiary/aromatic N) is 2. The Bertz CT molecular complexity index is 1320. The van der Waals surface area contributed by atoms with Gasteiger partial charge in [-0.25, -0.2) is 14.8 Å². The average Bonchev–Trinajstić information content (AvgIpc) is 3.34. The molecule has 4 aromatic rings. The number of H-pyrrole nitrogens is 1. The maximum atomic E-state index is 13.0. The Balaban J connectivity index is 1.58. The van der Waals surface area contributed by atoms with Gasteiger partial charge >= 0.3 is 6.09 Å². The number of hydrogen-bond acceptors (Lipinski definition) is 6. The molecule has 11 heteroatoms. The monoisotopic (exact) mass is 457 g/mol. The van der Waals surface area contributed by atoms with Gasteiger partial charge in [0.05, 0.1) is 28.5 Å².